The number of amides is 1. The standard InChI is InChI=1S/C17H14N4O3/c18-17-19-8-13(21-17)10-2-1-3-12(6-10)20-16(22)11-4-5-14-15(7-11)24-9-23-14/h1-8H,9H2,(H,20,22)(H3,18,19,21). The number of nitrogen functional groups attached to an aromatic ring is 1. The number of benzene rings is 2. The van der Waals surface area contributed by atoms with E-state index in [-0.39, 0.29) is 12.7 Å². The maximum atomic E-state index is 12.4. The van der Waals surface area contributed by atoms with Gasteiger partial charge < -0.3 is 25.5 Å². The third kappa shape index (κ3) is 2.63. The number of anilines is 2. The third-order valence-corrected chi connectivity index (χ3v) is 3.66. The van der Waals surface area contributed by atoms with E-state index < -0.39 is 0 Å². The van der Waals surface area contributed by atoms with Gasteiger partial charge in [0.25, 0.3) is 5.91 Å². The van der Waals surface area contributed by atoms with Crippen LogP contribution in [0.5, 0.6) is 11.5 Å². The molecule has 4 N–H and O–H groups in total. The summed E-state index contributed by atoms with van der Waals surface area (Å²) in [5.74, 6) is 1.34. The molecule has 2 aromatic carbocycles. The number of ether oxygens (including phenoxy) is 2. The van der Waals surface area contributed by atoms with Crippen molar-refractivity contribution in [2.75, 3.05) is 17.8 Å². The summed E-state index contributed by atoms with van der Waals surface area (Å²) >= 11 is 0. The van der Waals surface area contributed by atoms with Crippen LogP contribution < -0.4 is 20.5 Å². The summed E-state index contributed by atoms with van der Waals surface area (Å²) < 4.78 is 10.5. The molecule has 0 bridgehead atoms. The molecule has 3 aromatic rings. The zero-order chi connectivity index (χ0) is 16.5. The van der Waals surface area contributed by atoms with Crippen molar-refractivity contribution in [1.29, 1.82) is 0 Å². The van der Waals surface area contributed by atoms with Crippen LogP contribution in [0.4, 0.5) is 11.6 Å². The predicted octanol–water partition coefficient (Wildman–Crippen LogP) is 2.64. The van der Waals surface area contributed by atoms with E-state index in [9.17, 15) is 4.79 Å². The number of nitrogens with zero attached hydrogens (tertiary/aromatic N) is 1. The number of H-pyrrole nitrogens is 1. The van der Waals surface area contributed by atoms with Gasteiger partial charge in [-0.25, -0.2) is 4.98 Å². The molecule has 0 saturated carbocycles. The number of nitrogens with one attached hydrogen (secondary N) is 2. The number of hydrogen-bond acceptors (Lipinski definition) is 5. The summed E-state index contributed by atoms with van der Waals surface area (Å²) in [5, 5.41) is 2.87. The van der Waals surface area contributed by atoms with Crippen LogP contribution in [-0.4, -0.2) is 22.7 Å². The summed E-state index contributed by atoms with van der Waals surface area (Å²) in [4.78, 5) is 19.3. The lowest BCUT2D eigenvalue weighted by molar-refractivity contribution is 0.102. The van der Waals surface area contributed by atoms with Gasteiger partial charge in [0.15, 0.2) is 17.4 Å². The first-order chi connectivity index (χ1) is 11.7. The molecule has 0 unspecified atom stereocenters. The zero-order valence-electron chi connectivity index (χ0n) is 12.6. The summed E-state index contributed by atoms with van der Waals surface area (Å²) in [7, 11) is 0. The van der Waals surface area contributed by atoms with Gasteiger partial charge >= 0.3 is 0 Å². The van der Waals surface area contributed by atoms with Crippen molar-refractivity contribution in [2.24, 2.45) is 0 Å². The predicted molar refractivity (Wildman–Crippen MR) is 89.0 cm³/mol. The number of imidazole rings is 1. The van der Waals surface area contributed by atoms with Crippen molar-refractivity contribution in [2.45, 2.75) is 0 Å². The Balaban J connectivity index is 1.56. The maximum Gasteiger partial charge on any atom is 0.255 e. The molecule has 0 spiro atoms. The van der Waals surface area contributed by atoms with Crippen molar-refractivity contribution in [3.63, 3.8) is 0 Å². The maximum absolute atomic E-state index is 12.4. The number of hydrogen-bond donors (Lipinski definition) is 3. The second kappa shape index (κ2) is 5.62. The van der Waals surface area contributed by atoms with E-state index in [1.165, 1.54) is 0 Å². The molecule has 120 valence electrons. The summed E-state index contributed by atoms with van der Waals surface area (Å²) in [6.45, 7) is 0.176. The zero-order valence-corrected chi connectivity index (χ0v) is 12.6. The van der Waals surface area contributed by atoms with Gasteiger partial charge in [-0.2, -0.15) is 0 Å². The number of aromatic nitrogens is 2. The number of nitrogens with two attached hydrogens (primary N) is 1. The van der Waals surface area contributed by atoms with Crippen LogP contribution in [0, 0.1) is 0 Å². The number of rotatable bonds is 3. The molecular weight excluding hydrogens is 308 g/mol. The third-order valence-electron chi connectivity index (χ3n) is 3.66. The van der Waals surface area contributed by atoms with Crippen LogP contribution in [0.15, 0.2) is 48.7 Å². The van der Waals surface area contributed by atoms with Gasteiger partial charge in [0.05, 0.1) is 11.9 Å². The molecule has 4 rings (SSSR count). The van der Waals surface area contributed by atoms with Crippen molar-refractivity contribution < 1.29 is 14.3 Å². The number of fused-ring (bicyclic) bond motifs is 1. The molecule has 7 heteroatoms. The Bertz CT molecular complexity index is 920. The van der Waals surface area contributed by atoms with Crippen LogP contribution in [0.3, 0.4) is 0 Å². The molecular formula is C17H14N4O3. The van der Waals surface area contributed by atoms with Gasteiger partial charge in [-0.05, 0) is 30.3 Å². The molecule has 0 atom stereocenters. The van der Waals surface area contributed by atoms with Crippen LogP contribution in [-0.2, 0) is 0 Å². The van der Waals surface area contributed by atoms with E-state index >= 15 is 0 Å². The number of aromatic amines is 1. The lowest BCUT2D eigenvalue weighted by Gasteiger charge is -2.07. The Morgan fingerprint density at radius 1 is 1.17 bits per heavy atom. The second-order valence-corrected chi connectivity index (χ2v) is 5.29. The smallest absolute Gasteiger partial charge is 0.255 e. The minimum atomic E-state index is -0.227. The number of carbonyl (C=O) groups is 1. The van der Waals surface area contributed by atoms with Crippen LogP contribution in [0.25, 0.3) is 11.3 Å². The molecule has 0 saturated heterocycles. The normalized spacial score (nSPS) is 12.2. The molecule has 1 aromatic heterocycles. The van der Waals surface area contributed by atoms with Gasteiger partial charge in [-0.3, -0.25) is 4.79 Å². The summed E-state index contributed by atoms with van der Waals surface area (Å²) in [6.07, 6.45) is 1.65. The van der Waals surface area contributed by atoms with Crippen LogP contribution in [0.1, 0.15) is 10.4 Å². The highest BCUT2D eigenvalue weighted by Crippen LogP contribution is 2.32. The minimum absolute atomic E-state index is 0.176. The molecule has 2 heterocycles. The highest BCUT2D eigenvalue weighted by Gasteiger charge is 2.16. The lowest BCUT2D eigenvalue weighted by atomic mass is 10.1. The van der Waals surface area contributed by atoms with E-state index in [1.807, 2.05) is 24.3 Å². The minimum Gasteiger partial charge on any atom is -0.454 e. The van der Waals surface area contributed by atoms with Gasteiger partial charge in [-0.1, -0.05) is 12.1 Å². The average Bonchev–Trinajstić information content (AvgIpc) is 3.23. The van der Waals surface area contributed by atoms with E-state index in [1.54, 1.807) is 24.4 Å². The molecule has 0 aliphatic carbocycles. The van der Waals surface area contributed by atoms with Crippen molar-refractivity contribution in [1.82, 2.24) is 9.97 Å². The molecule has 1 amide bonds. The van der Waals surface area contributed by atoms with Crippen LogP contribution in [0.2, 0.25) is 0 Å². The Hall–Kier alpha value is -3.48. The average molecular weight is 322 g/mol. The Labute approximate surface area is 137 Å². The van der Waals surface area contributed by atoms with Crippen molar-refractivity contribution >= 4 is 17.5 Å². The molecule has 0 radical (unpaired) electrons. The fraction of sp³-hybridized carbons (Fsp3) is 0.0588. The first-order valence-corrected chi connectivity index (χ1v) is 7.31. The van der Waals surface area contributed by atoms with Gasteiger partial charge in [-0.15, -0.1) is 0 Å². The van der Waals surface area contributed by atoms with Crippen molar-refractivity contribution in [3.8, 4) is 22.8 Å². The summed E-state index contributed by atoms with van der Waals surface area (Å²) in [5.41, 5.74) is 8.42. The van der Waals surface area contributed by atoms with Gasteiger partial charge in [0, 0.05) is 16.8 Å². The number of carbonyl (C=O) groups excluding carboxylic acids is 1. The van der Waals surface area contributed by atoms with Gasteiger partial charge in [0.1, 0.15) is 0 Å². The van der Waals surface area contributed by atoms with Gasteiger partial charge in [0.2, 0.25) is 6.79 Å². The van der Waals surface area contributed by atoms with E-state index in [4.69, 9.17) is 15.2 Å². The highest BCUT2D eigenvalue weighted by molar-refractivity contribution is 6.05. The molecule has 1 aliphatic rings. The molecule has 1 aliphatic heterocycles. The van der Waals surface area contributed by atoms with E-state index in [0.717, 1.165) is 11.3 Å². The van der Waals surface area contributed by atoms with E-state index in [0.29, 0.717) is 28.7 Å². The fourth-order valence-corrected chi connectivity index (χ4v) is 2.49. The SMILES string of the molecule is Nc1ncc(-c2cccc(NC(=O)c3ccc4c(c3)OCO4)c2)[nH]1. The Kier molecular flexibility index (Phi) is 3.31. The Morgan fingerprint density at radius 2 is 2.04 bits per heavy atom. The monoisotopic (exact) mass is 322 g/mol. The van der Waals surface area contributed by atoms with Crippen molar-refractivity contribution in [3.05, 3.63) is 54.2 Å². The fourth-order valence-electron chi connectivity index (χ4n) is 2.49. The van der Waals surface area contributed by atoms with Crippen LogP contribution >= 0.6 is 0 Å². The lowest BCUT2D eigenvalue weighted by Crippen LogP contribution is -2.11. The highest BCUT2D eigenvalue weighted by atomic mass is 16.7. The summed E-state index contributed by atoms with van der Waals surface area (Å²) in [6, 6.07) is 12.5. The second-order valence-electron chi connectivity index (χ2n) is 5.29. The largest absolute Gasteiger partial charge is 0.454 e. The molecule has 0 fully saturated rings. The van der Waals surface area contributed by atoms with E-state index in [2.05, 4.69) is 15.3 Å². The quantitative estimate of drug-likeness (QED) is 0.688. The topological polar surface area (TPSA) is 102 Å². The molecule has 7 nitrogen and oxygen atoms in total. The first kappa shape index (κ1) is 14.1. The molecule has 24 heavy (non-hydrogen) atoms. The first-order valence-electron chi connectivity index (χ1n) is 7.31. The Morgan fingerprint density at radius 3 is 2.88 bits per heavy atom.